The monoisotopic (exact) mass is 350 g/mol. The summed E-state index contributed by atoms with van der Waals surface area (Å²) in [5.41, 5.74) is -1.91. The molecule has 4 saturated carbocycles. The van der Waals surface area contributed by atoms with Crippen molar-refractivity contribution in [1.82, 2.24) is 0 Å². The summed E-state index contributed by atoms with van der Waals surface area (Å²) in [7, 11) is 0. The first-order valence-corrected chi connectivity index (χ1v) is 9.54. The smallest absolute Gasteiger partial charge is 0.170 e. The first-order chi connectivity index (χ1) is 11.7. The van der Waals surface area contributed by atoms with Gasteiger partial charge in [-0.1, -0.05) is 20.4 Å². The van der Waals surface area contributed by atoms with E-state index >= 15 is 0 Å². The van der Waals surface area contributed by atoms with Gasteiger partial charge in [-0.15, -0.1) is 0 Å². The van der Waals surface area contributed by atoms with Crippen LogP contribution in [-0.4, -0.2) is 51.1 Å². The summed E-state index contributed by atoms with van der Waals surface area (Å²) in [4.78, 5) is 13.2. The highest BCUT2D eigenvalue weighted by molar-refractivity contribution is 6.04. The lowest BCUT2D eigenvalue weighted by atomic mass is 9.38. The minimum Gasteiger partial charge on any atom is -0.396 e. The number of aliphatic hydroxyl groups excluding tert-OH is 4. The van der Waals surface area contributed by atoms with Crippen LogP contribution in [0.5, 0.6) is 0 Å². The van der Waals surface area contributed by atoms with Gasteiger partial charge in [-0.3, -0.25) is 4.79 Å². The van der Waals surface area contributed by atoms with E-state index in [1.807, 2.05) is 0 Å². The van der Waals surface area contributed by atoms with Gasteiger partial charge < -0.3 is 20.4 Å². The lowest BCUT2D eigenvalue weighted by molar-refractivity contribution is -0.267. The van der Waals surface area contributed by atoms with Crippen molar-refractivity contribution in [2.75, 3.05) is 6.61 Å². The highest BCUT2D eigenvalue weighted by Crippen LogP contribution is 2.70. The number of carbonyl (C=O) groups is 1. The third-order valence-corrected chi connectivity index (χ3v) is 8.55. The molecule has 2 bridgehead atoms. The molecule has 0 aromatic carbocycles. The molecule has 0 aromatic heterocycles. The molecule has 4 fully saturated rings. The van der Waals surface area contributed by atoms with Crippen molar-refractivity contribution in [1.29, 1.82) is 0 Å². The minimum atomic E-state index is -1.31. The average Bonchev–Trinajstić information content (AvgIpc) is 2.68. The molecule has 25 heavy (non-hydrogen) atoms. The highest BCUT2D eigenvalue weighted by Gasteiger charge is 2.76. The number of carbonyl (C=O) groups excluding carboxylic acids is 1. The van der Waals surface area contributed by atoms with Crippen LogP contribution < -0.4 is 0 Å². The fraction of sp³-hybridized carbons (Fsp3) is 0.850. The van der Waals surface area contributed by atoms with Crippen LogP contribution in [0, 0.1) is 34.0 Å². The van der Waals surface area contributed by atoms with E-state index in [-0.39, 0.29) is 29.6 Å². The van der Waals surface area contributed by atoms with E-state index in [1.165, 1.54) is 0 Å². The van der Waals surface area contributed by atoms with Crippen molar-refractivity contribution < 1.29 is 25.2 Å². The van der Waals surface area contributed by atoms with Gasteiger partial charge in [0.25, 0.3) is 0 Å². The summed E-state index contributed by atoms with van der Waals surface area (Å²) in [6.07, 6.45) is 0.291. The predicted octanol–water partition coefficient (Wildman–Crippen LogP) is 1.04. The van der Waals surface area contributed by atoms with E-state index in [0.717, 1.165) is 6.42 Å². The van der Waals surface area contributed by atoms with Crippen LogP contribution in [0.2, 0.25) is 0 Å². The Labute approximate surface area is 148 Å². The zero-order valence-electron chi connectivity index (χ0n) is 15.1. The topological polar surface area (TPSA) is 98.0 Å². The van der Waals surface area contributed by atoms with Crippen molar-refractivity contribution in [2.24, 2.45) is 34.0 Å². The predicted molar refractivity (Wildman–Crippen MR) is 91.5 cm³/mol. The maximum Gasteiger partial charge on any atom is 0.170 e. The molecule has 0 aromatic rings. The summed E-state index contributed by atoms with van der Waals surface area (Å²) in [5, 5.41) is 43.7. The lowest BCUT2D eigenvalue weighted by Crippen LogP contribution is -2.71. The Morgan fingerprint density at radius 3 is 2.40 bits per heavy atom. The molecule has 0 amide bonds. The summed E-state index contributed by atoms with van der Waals surface area (Å²) in [6, 6.07) is 0. The van der Waals surface area contributed by atoms with Gasteiger partial charge in [0.2, 0.25) is 0 Å². The van der Waals surface area contributed by atoms with Crippen LogP contribution in [0.25, 0.3) is 0 Å². The van der Waals surface area contributed by atoms with Gasteiger partial charge in [0.1, 0.15) is 0 Å². The van der Waals surface area contributed by atoms with E-state index < -0.39 is 35.1 Å². The standard InChI is InChI=1S/C20H30O5/c1-10-11-4-5-12-19(9-21)13(18(2,3)7-6-14(19)22)8-15(23)20(12,16(10)24)17(11)25/h11-15,17,21-23,25H,1,4-9H2,2-3H3/t11?,12?,13?,14?,15?,17?,19-,20-/m0/s1. The molecule has 8 atom stereocenters. The van der Waals surface area contributed by atoms with Gasteiger partial charge in [-0.2, -0.15) is 0 Å². The van der Waals surface area contributed by atoms with E-state index in [2.05, 4.69) is 20.4 Å². The Hall–Kier alpha value is -0.750. The summed E-state index contributed by atoms with van der Waals surface area (Å²) in [6.45, 7) is 7.92. The second kappa shape index (κ2) is 5.16. The number of hydrogen-bond acceptors (Lipinski definition) is 5. The second-order valence-corrected chi connectivity index (χ2v) is 9.59. The van der Waals surface area contributed by atoms with Crippen molar-refractivity contribution >= 4 is 5.78 Å². The molecular weight excluding hydrogens is 320 g/mol. The van der Waals surface area contributed by atoms with Gasteiger partial charge >= 0.3 is 0 Å². The number of ketones is 1. The molecule has 140 valence electrons. The Morgan fingerprint density at radius 1 is 1.08 bits per heavy atom. The van der Waals surface area contributed by atoms with Crippen LogP contribution in [0.4, 0.5) is 0 Å². The number of aliphatic hydroxyl groups is 4. The maximum atomic E-state index is 13.2. The highest BCUT2D eigenvalue weighted by atomic mass is 16.3. The quantitative estimate of drug-likeness (QED) is 0.530. The molecule has 5 heteroatoms. The van der Waals surface area contributed by atoms with Crippen molar-refractivity contribution in [2.45, 2.75) is 64.3 Å². The Morgan fingerprint density at radius 2 is 1.76 bits per heavy atom. The fourth-order valence-electron chi connectivity index (χ4n) is 7.35. The molecule has 4 rings (SSSR count). The van der Waals surface area contributed by atoms with Gasteiger partial charge in [0.05, 0.1) is 30.3 Å². The lowest BCUT2D eigenvalue weighted by Gasteiger charge is -2.66. The number of hydrogen-bond donors (Lipinski definition) is 4. The van der Waals surface area contributed by atoms with Crippen LogP contribution in [0.1, 0.15) is 46.0 Å². The van der Waals surface area contributed by atoms with E-state index in [1.54, 1.807) is 0 Å². The second-order valence-electron chi connectivity index (χ2n) is 9.59. The van der Waals surface area contributed by atoms with Gasteiger partial charge in [0.15, 0.2) is 5.78 Å². The van der Waals surface area contributed by atoms with Crippen molar-refractivity contribution in [3.05, 3.63) is 12.2 Å². The molecule has 0 aliphatic heterocycles. The van der Waals surface area contributed by atoms with Crippen LogP contribution in [0.3, 0.4) is 0 Å². The molecule has 4 aliphatic carbocycles. The molecular formula is C20H30O5. The van der Waals surface area contributed by atoms with Crippen molar-refractivity contribution in [3.8, 4) is 0 Å². The summed E-state index contributed by atoms with van der Waals surface area (Å²) >= 11 is 0. The molecule has 5 nitrogen and oxygen atoms in total. The third kappa shape index (κ3) is 1.76. The van der Waals surface area contributed by atoms with E-state index in [0.29, 0.717) is 31.3 Å². The first-order valence-electron chi connectivity index (χ1n) is 9.54. The van der Waals surface area contributed by atoms with Gasteiger partial charge in [-0.05, 0) is 54.9 Å². The van der Waals surface area contributed by atoms with E-state index in [4.69, 9.17) is 0 Å². The Bertz CT molecular complexity index is 628. The molecule has 6 unspecified atom stereocenters. The zero-order valence-corrected chi connectivity index (χ0v) is 15.1. The molecule has 0 heterocycles. The average molecular weight is 350 g/mol. The first kappa shape index (κ1) is 17.7. The normalized spacial score (nSPS) is 54.2. The molecule has 4 aliphatic rings. The van der Waals surface area contributed by atoms with Crippen LogP contribution >= 0.6 is 0 Å². The maximum absolute atomic E-state index is 13.2. The third-order valence-electron chi connectivity index (χ3n) is 8.55. The number of rotatable bonds is 1. The summed E-state index contributed by atoms with van der Waals surface area (Å²) < 4.78 is 0. The largest absolute Gasteiger partial charge is 0.396 e. The SMILES string of the molecule is C=C1C(=O)[C@@]23C(O)CC4C(C)(C)CCC(O)[C@@]4(CO)C2CCC1C3O. The number of Topliss-reactive ketones (excluding diaryl/α,β-unsaturated/α-hetero) is 1. The van der Waals surface area contributed by atoms with E-state index in [9.17, 15) is 25.2 Å². The molecule has 0 saturated heterocycles. The molecule has 4 N–H and O–H groups in total. The van der Waals surface area contributed by atoms with Gasteiger partial charge in [-0.25, -0.2) is 0 Å². The van der Waals surface area contributed by atoms with Gasteiger partial charge in [0, 0.05) is 11.3 Å². The van der Waals surface area contributed by atoms with Crippen LogP contribution in [-0.2, 0) is 4.79 Å². The molecule has 0 radical (unpaired) electrons. The molecule has 1 spiro atoms. The minimum absolute atomic E-state index is 0.0928. The Kier molecular flexibility index (Phi) is 3.64. The van der Waals surface area contributed by atoms with Crippen molar-refractivity contribution in [3.63, 3.8) is 0 Å². The fourth-order valence-corrected chi connectivity index (χ4v) is 7.35. The zero-order chi connectivity index (χ0) is 18.4. The van der Waals surface area contributed by atoms with Crippen LogP contribution in [0.15, 0.2) is 12.2 Å². The Balaban J connectivity index is 1.94. The number of fused-ring (bicyclic) bond motifs is 3. The summed E-state index contributed by atoms with van der Waals surface area (Å²) in [5.74, 6) is -1.07.